The Morgan fingerprint density at radius 1 is 1.05 bits per heavy atom. The molecule has 0 atom stereocenters. The number of nitrogens with zero attached hydrogens (tertiary/aromatic N) is 2. The summed E-state index contributed by atoms with van der Waals surface area (Å²) < 4.78 is 5.28. The number of aromatic nitrogens is 2. The lowest BCUT2D eigenvalue weighted by molar-refractivity contribution is 0.517. The largest absolute Gasteiger partial charge is 0.467 e. The van der Waals surface area contributed by atoms with E-state index in [1.807, 2.05) is 55.5 Å². The lowest BCUT2D eigenvalue weighted by atomic mass is 10.3. The smallest absolute Gasteiger partial charge is 0.225 e. The second-order valence-electron chi connectivity index (χ2n) is 4.64. The standard InChI is InChI=1S/C16H16N4O/c1-12-10-15(19-13-6-3-2-4-7-13)20-16(18-12)17-11-14-8-5-9-21-14/h2-10H,11H2,1H3,(H2,17,18,19,20). The summed E-state index contributed by atoms with van der Waals surface area (Å²) in [6.07, 6.45) is 1.65. The number of hydrogen-bond donors (Lipinski definition) is 2. The van der Waals surface area contributed by atoms with Gasteiger partial charge in [-0.05, 0) is 31.2 Å². The van der Waals surface area contributed by atoms with E-state index in [2.05, 4.69) is 20.6 Å². The van der Waals surface area contributed by atoms with E-state index >= 15 is 0 Å². The molecule has 0 saturated carbocycles. The molecule has 0 fully saturated rings. The van der Waals surface area contributed by atoms with Gasteiger partial charge in [0.25, 0.3) is 0 Å². The van der Waals surface area contributed by atoms with E-state index in [0.29, 0.717) is 12.5 Å². The van der Waals surface area contributed by atoms with Gasteiger partial charge in [0.15, 0.2) is 0 Å². The summed E-state index contributed by atoms with van der Waals surface area (Å²) in [5.41, 5.74) is 1.89. The third-order valence-corrected chi connectivity index (χ3v) is 2.90. The molecule has 0 aliphatic heterocycles. The fourth-order valence-corrected chi connectivity index (χ4v) is 1.96. The Balaban J connectivity index is 1.73. The second kappa shape index (κ2) is 6.09. The topological polar surface area (TPSA) is 63.0 Å². The summed E-state index contributed by atoms with van der Waals surface area (Å²) in [6, 6.07) is 15.6. The van der Waals surface area contributed by atoms with Gasteiger partial charge in [0, 0.05) is 17.4 Å². The van der Waals surface area contributed by atoms with Gasteiger partial charge in [-0.25, -0.2) is 4.98 Å². The van der Waals surface area contributed by atoms with Crippen LogP contribution in [-0.4, -0.2) is 9.97 Å². The zero-order valence-electron chi connectivity index (χ0n) is 11.7. The van der Waals surface area contributed by atoms with Crippen LogP contribution in [0.2, 0.25) is 0 Å². The number of aryl methyl sites for hydroxylation is 1. The molecule has 2 aromatic heterocycles. The predicted octanol–water partition coefficient (Wildman–Crippen LogP) is 3.73. The number of benzene rings is 1. The summed E-state index contributed by atoms with van der Waals surface area (Å²) >= 11 is 0. The molecule has 0 amide bonds. The number of rotatable bonds is 5. The quantitative estimate of drug-likeness (QED) is 0.745. The van der Waals surface area contributed by atoms with Gasteiger partial charge in [-0.15, -0.1) is 0 Å². The van der Waals surface area contributed by atoms with E-state index in [1.54, 1.807) is 6.26 Å². The number of nitrogens with one attached hydrogen (secondary N) is 2. The summed E-state index contributed by atoms with van der Waals surface area (Å²) in [6.45, 7) is 2.50. The first-order valence-corrected chi connectivity index (χ1v) is 6.73. The molecule has 3 aromatic rings. The van der Waals surface area contributed by atoms with Crippen molar-refractivity contribution in [1.29, 1.82) is 0 Å². The van der Waals surface area contributed by atoms with Gasteiger partial charge in [-0.3, -0.25) is 0 Å². The summed E-state index contributed by atoms with van der Waals surface area (Å²) in [4.78, 5) is 8.82. The van der Waals surface area contributed by atoms with Gasteiger partial charge in [0.05, 0.1) is 12.8 Å². The van der Waals surface area contributed by atoms with Gasteiger partial charge in [0.1, 0.15) is 11.6 Å². The Hall–Kier alpha value is -2.82. The van der Waals surface area contributed by atoms with Crippen molar-refractivity contribution >= 4 is 17.5 Å². The maximum atomic E-state index is 5.28. The predicted molar refractivity (Wildman–Crippen MR) is 82.5 cm³/mol. The number of furan rings is 1. The third-order valence-electron chi connectivity index (χ3n) is 2.90. The fraction of sp³-hybridized carbons (Fsp3) is 0.125. The summed E-state index contributed by atoms with van der Waals surface area (Å²) in [7, 11) is 0. The minimum absolute atomic E-state index is 0.557. The zero-order chi connectivity index (χ0) is 14.5. The van der Waals surface area contributed by atoms with Crippen LogP contribution in [0.3, 0.4) is 0 Å². The van der Waals surface area contributed by atoms with Gasteiger partial charge in [0.2, 0.25) is 5.95 Å². The number of anilines is 3. The van der Waals surface area contributed by atoms with Crippen molar-refractivity contribution in [2.45, 2.75) is 13.5 Å². The minimum atomic E-state index is 0.557. The maximum absolute atomic E-state index is 5.28. The normalized spacial score (nSPS) is 10.3. The number of para-hydroxylation sites is 1. The molecule has 0 radical (unpaired) electrons. The Morgan fingerprint density at radius 2 is 1.90 bits per heavy atom. The summed E-state index contributed by atoms with van der Waals surface area (Å²) in [5, 5.41) is 6.42. The Labute approximate surface area is 123 Å². The SMILES string of the molecule is Cc1cc(Nc2ccccc2)nc(NCc2ccco2)n1. The highest BCUT2D eigenvalue weighted by Crippen LogP contribution is 2.16. The van der Waals surface area contributed by atoms with Gasteiger partial charge >= 0.3 is 0 Å². The van der Waals surface area contributed by atoms with Gasteiger partial charge < -0.3 is 15.1 Å². The highest BCUT2D eigenvalue weighted by atomic mass is 16.3. The lowest BCUT2D eigenvalue weighted by Gasteiger charge is -2.09. The van der Waals surface area contributed by atoms with E-state index in [1.165, 1.54) is 0 Å². The average Bonchev–Trinajstić information content (AvgIpc) is 2.99. The molecular weight excluding hydrogens is 264 g/mol. The summed E-state index contributed by atoms with van der Waals surface area (Å²) in [5.74, 6) is 2.18. The Kier molecular flexibility index (Phi) is 3.82. The Bertz CT molecular complexity index is 696. The highest BCUT2D eigenvalue weighted by Gasteiger charge is 2.03. The van der Waals surface area contributed by atoms with Crippen molar-refractivity contribution in [3.05, 3.63) is 66.2 Å². The molecule has 0 bridgehead atoms. The molecule has 106 valence electrons. The average molecular weight is 280 g/mol. The zero-order valence-corrected chi connectivity index (χ0v) is 11.7. The van der Waals surface area contributed by atoms with Crippen LogP contribution in [0, 0.1) is 6.92 Å². The van der Waals surface area contributed by atoms with Crippen molar-refractivity contribution < 1.29 is 4.42 Å². The van der Waals surface area contributed by atoms with Crippen molar-refractivity contribution in [3.63, 3.8) is 0 Å². The van der Waals surface area contributed by atoms with Crippen LogP contribution in [-0.2, 0) is 6.54 Å². The molecule has 1 aromatic carbocycles. The molecule has 3 rings (SSSR count). The first-order valence-electron chi connectivity index (χ1n) is 6.73. The molecule has 0 spiro atoms. The van der Waals surface area contributed by atoms with Crippen LogP contribution in [0.15, 0.2) is 59.2 Å². The van der Waals surface area contributed by atoms with Crippen molar-refractivity contribution in [2.24, 2.45) is 0 Å². The molecule has 0 aliphatic rings. The van der Waals surface area contributed by atoms with Crippen LogP contribution < -0.4 is 10.6 Å². The first-order chi connectivity index (χ1) is 10.3. The van der Waals surface area contributed by atoms with Crippen molar-refractivity contribution in [3.8, 4) is 0 Å². The van der Waals surface area contributed by atoms with Crippen LogP contribution in [0.4, 0.5) is 17.5 Å². The Morgan fingerprint density at radius 3 is 2.67 bits per heavy atom. The highest BCUT2D eigenvalue weighted by molar-refractivity contribution is 5.57. The maximum Gasteiger partial charge on any atom is 0.225 e. The van der Waals surface area contributed by atoms with Crippen LogP contribution in [0.1, 0.15) is 11.5 Å². The van der Waals surface area contributed by atoms with E-state index < -0.39 is 0 Å². The molecule has 21 heavy (non-hydrogen) atoms. The monoisotopic (exact) mass is 280 g/mol. The van der Waals surface area contributed by atoms with Gasteiger partial charge in [-0.2, -0.15) is 4.98 Å². The molecular formula is C16H16N4O. The molecule has 5 nitrogen and oxygen atoms in total. The van der Waals surface area contributed by atoms with E-state index in [9.17, 15) is 0 Å². The van der Waals surface area contributed by atoms with Crippen LogP contribution >= 0.6 is 0 Å². The van der Waals surface area contributed by atoms with Crippen LogP contribution in [0.5, 0.6) is 0 Å². The van der Waals surface area contributed by atoms with E-state index in [4.69, 9.17) is 4.42 Å². The van der Waals surface area contributed by atoms with Crippen molar-refractivity contribution in [2.75, 3.05) is 10.6 Å². The van der Waals surface area contributed by atoms with Gasteiger partial charge in [-0.1, -0.05) is 18.2 Å². The van der Waals surface area contributed by atoms with Crippen molar-refractivity contribution in [1.82, 2.24) is 9.97 Å². The molecule has 2 N–H and O–H groups in total. The third kappa shape index (κ3) is 3.60. The minimum Gasteiger partial charge on any atom is -0.467 e. The van der Waals surface area contributed by atoms with Crippen LogP contribution in [0.25, 0.3) is 0 Å². The second-order valence-corrected chi connectivity index (χ2v) is 4.64. The lowest BCUT2D eigenvalue weighted by Crippen LogP contribution is -2.05. The van der Waals surface area contributed by atoms with E-state index in [0.717, 1.165) is 23.0 Å². The molecule has 5 heteroatoms. The van der Waals surface area contributed by atoms with E-state index in [-0.39, 0.29) is 0 Å². The first kappa shape index (κ1) is 13.2. The number of hydrogen-bond acceptors (Lipinski definition) is 5. The molecule has 2 heterocycles. The molecule has 0 unspecified atom stereocenters. The fourth-order valence-electron chi connectivity index (χ4n) is 1.96. The molecule has 0 saturated heterocycles. The molecule has 0 aliphatic carbocycles.